The Labute approximate surface area is 98.4 Å². The van der Waals surface area contributed by atoms with Crippen LogP contribution in [0.1, 0.15) is 24.8 Å². The number of hydrogen-bond acceptors (Lipinski definition) is 2. The summed E-state index contributed by atoms with van der Waals surface area (Å²) in [5, 5.41) is 0. The number of benzene rings is 1. The molecule has 1 atom stereocenters. The third kappa shape index (κ3) is 3.06. The molecule has 1 aliphatic heterocycles. The van der Waals surface area contributed by atoms with Gasteiger partial charge in [-0.05, 0) is 37.9 Å². The van der Waals surface area contributed by atoms with Crippen molar-refractivity contribution in [2.45, 2.75) is 31.7 Å². The van der Waals surface area contributed by atoms with Crippen molar-refractivity contribution in [3.63, 3.8) is 0 Å². The monoisotopic (exact) mass is 218 g/mol. The van der Waals surface area contributed by atoms with Gasteiger partial charge in [-0.2, -0.15) is 0 Å². The normalized spacial score (nSPS) is 19.6. The van der Waals surface area contributed by atoms with Gasteiger partial charge in [0.1, 0.15) is 0 Å². The number of nitrogens with two attached hydrogens (primary N) is 1. The van der Waals surface area contributed by atoms with Crippen LogP contribution in [0.3, 0.4) is 0 Å². The minimum Gasteiger partial charge on any atom is -0.329 e. The summed E-state index contributed by atoms with van der Waals surface area (Å²) in [6.45, 7) is 3.23. The van der Waals surface area contributed by atoms with E-state index in [0.29, 0.717) is 6.04 Å². The molecule has 88 valence electrons. The van der Waals surface area contributed by atoms with Crippen LogP contribution in [0.25, 0.3) is 0 Å². The van der Waals surface area contributed by atoms with E-state index in [1.807, 2.05) is 0 Å². The maximum Gasteiger partial charge on any atom is 0.0258 e. The molecule has 0 amide bonds. The topological polar surface area (TPSA) is 29.3 Å². The second-order valence-electron chi connectivity index (χ2n) is 4.68. The van der Waals surface area contributed by atoms with Gasteiger partial charge in [-0.3, -0.25) is 4.90 Å². The van der Waals surface area contributed by atoms with Crippen LogP contribution in [0.2, 0.25) is 0 Å². The lowest BCUT2D eigenvalue weighted by atomic mass is 10.0. The predicted molar refractivity (Wildman–Crippen MR) is 68.4 cm³/mol. The van der Waals surface area contributed by atoms with E-state index in [-0.39, 0.29) is 0 Å². The molecule has 2 N–H and O–H groups in total. The summed E-state index contributed by atoms with van der Waals surface area (Å²) < 4.78 is 0. The van der Waals surface area contributed by atoms with Gasteiger partial charge in [0.2, 0.25) is 0 Å². The van der Waals surface area contributed by atoms with E-state index in [2.05, 4.69) is 35.2 Å². The molecular formula is C14H22N2. The van der Waals surface area contributed by atoms with Crippen LogP contribution >= 0.6 is 0 Å². The number of hydrogen-bond donors (Lipinski definition) is 1. The Bertz CT molecular complexity index is 291. The highest BCUT2D eigenvalue weighted by molar-refractivity contribution is 5.16. The highest BCUT2D eigenvalue weighted by atomic mass is 15.2. The van der Waals surface area contributed by atoms with Crippen LogP contribution in [0.4, 0.5) is 0 Å². The Hall–Kier alpha value is -0.860. The highest BCUT2D eigenvalue weighted by Gasteiger charge is 2.19. The standard InChI is InChI=1S/C14H22N2/c15-12-14(16-9-5-2-6-10-16)11-13-7-3-1-4-8-13/h1,3-4,7-8,14H,2,5-6,9-12,15H2/t14-/m0/s1. The Morgan fingerprint density at radius 2 is 1.75 bits per heavy atom. The van der Waals surface area contributed by atoms with Crippen LogP contribution < -0.4 is 5.73 Å². The first-order valence-electron chi connectivity index (χ1n) is 6.38. The molecule has 2 nitrogen and oxygen atoms in total. The number of likely N-dealkylation sites (tertiary alicyclic amines) is 1. The zero-order chi connectivity index (χ0) is 11.2. The summed E-state index contributed by atoms with van der Waals surface area (Å²) in [5.74, 6) is 0. The van der Waals surface area contributed by atoms with Crippen molar-refractivity contribution in [2.75, 3.05) is 19.6 Å². The van der Waals surface area contributed by atoms with Gasteiger partial charge in [0.15, 0.2) is 0 Å². The lowest BCUT2D eigenvalue weighted by Crippen LogP contribution is -2.44. The van der Waals surface area contributed by atoms with E-state index in [0.717, 1.165) is 13.0 Å². The molecule has 0 saturated carbocycles. The molecule has 1 aromatic rings. The van der Waals surface area contributed by atoms with E-state index in [4.69, 9.17) is 5.73 Å². The highest BCUT2D eigenvalue weighted by Crippen LogP contribution is 2.15. The average Bonchev–Trinajstić information content (AvgIpc) is 2.38. The second-order valence-corrected chi connectivity index (χ2v) is 4.68. The quantitative estimate of drug-likeness (QED) is 0.838. The van der Waals surface area contributed by atoms with Gasteiger partial charge >= 0.3 is 0 Å². The van der Waals surface area contributed by atoms with E-state index < -0.39 is 0 Å². The molecule has 0 radical (unpaired) electrons. The first kappa shape index (κ1) is 11.6. The van der Waals surface area contributed by atoms with Gasteiger partial charge in [-0.15, -0.1) is 0 Å². The van der Waals surface area contributed by atoms with Crippen molar-refractivity contribution in [3.05, 3.63) is 35.9 Å². The van der Waals surface area contributed by atoms with Crippen LogP contribution in [-0.2, 0) is 6.42 Å². The first-order chi connectivity index (χ1) is 7.90. The Balaban J connectivity index is 1.94. The Kier molecular flexibility index (Phi) is 4.37. The lowest BCUT2D eigenvalue weighted by Gasteiger charge is -2.34. The largest absolute Gasteiger partial charge is 0.329 e. The molecule has 0 aromatic heterocycles. The fraction of sp³-hybridized carbons (Fsp3) is 0.571. The third-order valence-electron chi connectivity index (χ3n) is 3.49. The molecule has 1 aromatic carbocycles. The Morgan fingerprint density at radius 3 is 2.38 bits per heavy atom. The average molecular weight is 218 g/mol. The van der Waals surface area contributed by atoms with Gasteiger partial charge < -0.3 is 5.73 Å². The summed E-state index contributed by atoms with van der Waals surface area (Å²) in [6.07, 6.45) is 5.16. The molecule has 16 heavy (non-hydrogen) atoms. The van der Waals surface area contributed by atoms with Crippen molar-refractivity contribution >= 4 is 0 Å². The zero-order valence-electron chi connectivity index (χ0n) is 9.94. The van der Waals surface area contributed by atoms with Crippen LogP contribution in [0.5, 0.6) is 0 Å². The third-order valence-corrected chi connectivity index (χ3v) is 3.49. The molecule has 0 bridgehead atoms. The SMILES string of the molecule is NC[C@H](Cc1ccccc1)N1CCCCC1. The van der Waals surface area contributed by atoms with Crippen LogP contribution in [0, 0.1) is 0 Å². The van der Waals surface area contributed by atoms with Gasteiger partial charge in [-0.1, -0.05) is 36.8 Å². The van der Waals surface area contributed by atoms with E-state index in [1.165, 1.54) is 37.9 Å². The van der Waals surface area contributed by atoms with Crippen molar-refractivity contribution in [1.29, 1.82) is 0 Å². The van der Waals surface area contributed by atoms with E-state index in [1.54, 1.807) is 0 Å². The molecule has 0 aliphatic carbocycles. The Morgan fingerprint density at radius 1 is 1.06 bits per heavy atom. The van der Waals surface area contributed by atoms with Gasteiger partial charge in [-0.25, -0.2) is 0 Å². The predicted octanol–water partition coefficient (Wildman–Crippen LogP) is 2.04. The molecule has 0 unspecified atom stereocenters. The summed E-state index contributed by atoms with van der Waals surface area (Å²) in [5.41, 5.74) is 7.32. The summed E-state index contributed by atoms with van der Waals surface area (Å²) in [4.78, 5) is 2.57. The van der Waals surface area contributed by atoms with Crippen molar-refractivity contribution in [3.8, 4) is 0 Å². The first-order valence-corrected chi connectivity index (χ1v) is 6.38. The van der Waals surface area contributed by atoms with Crippen LogP contribution in [0.15, 0.2) is 30.3 Å². The van der Waals surface area contributed by atoms with Crippen LogP contribution in [-0.4, -0.2) is 30.6 Å². The number of piperidine rings is 1. The molecule has 1 heterocycles. The van der Waals surface area contributed by atoms with Crippen molar-refractivity contribution in [2.24, 2.45) is 5.73 Å². The minimum atomic E-state index is 0.530. The van der Waals surface area contributed by atoms with E-state index in [9.17, 15) is 0 Å². The minimum absolute atomic E-state index is 0.530. The van der Waals surface area contributed by atoms with Gasteiger partial charge in [0, 0.05) is 12.6 Å². The lowest BCUT2D eigenvalue weighted by molar-refractivity contribution is 0.166. The van der Waals surface area contributed by atoms with Crippen molar-refractivity contribution in [1.82, 2.24) is 4.90 Å². The maximum absolute atomic E-state index is 5.91. The fourth-order valence-electron chi connectivity index (χ4n) is 2.53. The fourth-order valence-corrected chi connectivity index (χ4v) is 2.53. The maximum atomic E-state index is 5.91. The van der Waals surface area contributed by atoms with Crippen molar-refractivity contribution < 1.29 is 0 Å². The smallest absolute Gasteiger partial charge is 0.0258 e. The number of nitrogens with zero attached hydrogens (tertiary/aromatic N) is 1. The van der Waals surface area contributed by atoms with Gasteiger partial charge in [0.05, 0.1) is 0 Å². The molecule has 1 saturated heterocycles. The summed E-state index contributed by atoms with van der Waals surface area (Å²) in [6, 6.07) is 11.2. The molecule has 2 heteroatoms. The molecule has 0 spiro atoms. The molecular weight excluding hydrogens is 196 g/mol. The van der Waals surface area contributed by atoms with E-state index >= 15 is 0 Å². The summed E-state index contributed by atoms with van der Waals surface area (Å²) in [7, 11) is 0. The number of rotatable bonds is 4. The zero-order valence-corrected chi connectivity index (χ0v) is 9.94. The summed E-state index contributed by atoms with van der Waals surface area (Å²) >= 11 is 0. The molecule has 1 fully saturated rings. The molecule has 1 aliphatic rings. The molecule has 2 rings (SSSR count). The second kappa shape index (κ2) is 6.02. The van der Waals surface area contributed by atoms with Gasteiger partial charge in [0.25, 0.3) is 0 Å².